The lowest BCUT2D eigenvalue weighted by molar-refractivity contribution is 0.913. The van der Waals surface area contributed by atoms with E-state index in [-0.39, 0.29) is 0 Å². The van der Waals surface area contributed by atoms with Crippen LogP contribution in [-0.2, 0) is 12.8 Å². The van der Waals surface area contributed by atoms with Crippen LogP contribution >= 0.6 is 0 Å². The molecular weight excluding hydrogens is 220 g/mol. The van der Waals surface area contributed by atoms with Crippen LogP contribution in [-0.4, -0.2) is 4.98 Å². The number of rotatable bonds is 0. The van der Waals surface area contributed by atoms with Crippen molar-refractivity contribution in [3.63, 3.8) is 0 Å². The fourth-order valence-corrected chi connectivity index (χ4v) is 3.11. The van der Waals surface area contributed by atoms with Gasteiger partial charge in [0.1, 0.15) is 0 Å². The van der Waals surface area contributed by atoms with Gasteiger partial charge in [-0.25, -0.2) is 4.98 Å². The summed E-state index contributed by atoms with van der Waals surface area (Å²) in [4.78, 5) is 4.74. The van der Waals surface area contributed by atoms with Gasteiger partial charge in [0.2, 0.25) is 0 Å². The molecule has 0 unspecified atom stereocenters. The zero-order valence-electron chi connectivity index (χ0n) is 10.1. The lowest BCUT2D eigenvalue weighted by atomic mass is 10.0. The Bertz CT molecular complexity index is 775. The summed E-state index contributed by atoms with van der Waals surface area (Å²) in [5, 5.41) is 2.26. The number of aromatic nitrogens is 1. The summed E-state index contributed by atoms with van der Waals surface area (Å²) in [7, 11) is 0. The van der Waals surface area contributed by atoms with Gasteiger partial charge in [-0.3, -0.25) is 0 Å². The Hall–Kier alpha value is -2.09. The SMILES string of the molecule is Nc1c2ccccc2nc2ccc3c(c12)CCC3. The fourth-order valence-electron chi connectivity index (χ4n) is 3.11. The Balaban J connectivity index is 2.24. The molecule has 1 heterocycles. The molecule has 2 aromatic carbocycles. The second-order valence-electron chi connectivity index (χ2n) is 4.99. The first-order valence-electron chi connectivity index (χ1n) is 6.43. The maximum absolute atomic E-state index is 6.39. The van der Waals surface area contributed by atoms with E-state index in [0.717, 1.165) is 28.5 Å². The van der Waals surface area contributed by atoms with Crippen LogP contribution in [0.25, 0.3) is 21.8 Å². The van der Waals surface area contributed by atoms with E-state index in [0.29, 0.717) is 0 Å². The third kappa shape index (κ3) is 1.20. The molecule has 4 rings (SSSR count). The summed E-state index contributed by atoms with van der Waals surface area (Å²) in [6.07, 6.45) is 3.55. The molecular formula is C16H14N2. The number of fused-ring (bicyclic) bond motifs is 4. The van der Waals surface area contributed by atoms with E-state index in [1.165, 1.54) is 29.4 Å². The van der Waals surface area contributed by atoms with E-state index in [4.69, 9.17) is 10.7 Å². The van der Waals surface area contributed by atoms with Crippen LogP contribution in [0.2, 0.25) is 0 Å². The molecule has 0 amide bonds. The zero-order valence-corrected chi connectivity index (χ0v) is 10.1. The summed E-state index contributed by atoms with van der Waals surface area (Å²) < 4.78 is 0. The number of para-hydroxylation sites is 1. The molecule has 0 radical (unpaired) electrons. The molecule has 0 fully saturated rings. The van der Waals surface area contributed by atoms with Crippen molar-refractivity contribution in [2.75, 3.05) is 5.73 Å². The van der Waals surface area contributed by atoms with Crippen molar-refractivity contribution in [2.24, 2.45) is 0 Å². The highest BCUT2D eigenvalue weighted by Crippen LogP contribution is 2.35. The van der Waals surface area contributed by atoms with Gasteiger partial charge in [0, 0.05) is 10.8 Å². The summed E-state index contributed by atoms with van der Waals surface area (Å²) in [5.74, 6) is 0. The topological polar surface area (TPSA) is 38.9 Å². The zero-order chi connectivity index (χ0) is 12.1. The molecule has 0 aliphatic heterocycles. The minimum atomic E-state index is 0.898. The van der Waals surface area contributed by atoms with Gasteiger partial charge in [0.25, 0.3) is 0 Å². The Morgan fingerprint density at radius 3 is 2.78 bits per heavy atom. The lowest BCUT2D eigenvalue weighted by Crippen LogP contribution is -1.96. The van der Waals surface area contributed by atoms with E-state index in [9.17, 15) is 0 Å². The summed E-state index contributed by atoms with van der Waals surface area (Å²) >= 11 is 0. The molecule has 0 saturated heterocycles. The quantitative estimate of drug-likeness (QED) is 0.605. The lowest BCUT2D eigenvalue weighted by Gasteiger charge is -2.10. The minimum absolute atomic E-state index is 0.898. The normalized spacial score (nSPS) is 14.2. The first-order valence-corrected chi connectivity index (χ1v) is 6.43. The first-order chi connectivity index (χ1) is 8.84. The molecule has 2 N–H and O–H groups in total. The number of pyridine rings is 1. The molecule has 88 valence electrons. The predicted octanol–water partition coefficient (Wildman–Crippen LogP) is 3.46. The van der Waals surface area contributed by atoms with Gasteiger partial charge in [-0.2, -0.15) is 0 Å². The van der Waals surface area contributed by atoms with Gasteiger partial charge in [0.15, 0.2) is 0 Å². The Morgan fingerprint density at radius 2 is 1.83 bits per heavy atom. The first kappa shape index (κ1) is 9.89. The highest BCUT2D eigenvalue weighted by atomic mass is 14.7. The van der Waals surface area contributed by atoms with Gasteiger partial charge in [0.05, 0.1) is 16.7 Å². The van der Waals surface area contributed by atoms with Crippen molar-refractivity contribution in [1.29, 1.82) is 0 Å². The largest absolute Gasteiger partial charge is 0.398 e. The fraction of sp³-hybridized carbons (Fsp3) is 0.188. The predicted molar refractivity (Wildman–Crippen MR) is 75.7 cm³/mol. The van der Waals surface area contributed by atoms with Gasteiger partial charge >= 0.3 is 0 Å². The van der Waals surface area contributed by atoms with Crippen molar-refractivity contribution < 1.29 is 0 Å². The molecule has 2 nitrogen and oxygen atoms in total. The standard InChI is InChI=1S/C16H14N2/c17-16-12-5-1-2-7-13(12)18-14-9-8-10-4-3-6-11(10)15(14)16/h1-2,5,7-9H,3-4,6H2,(H2,17,18). The summed E-state index contributed by atoms with van der Waals surface area (Å²) in [5.41, 5.74) is 12.2. The maximum Gasteiger partial charge on any atom is 0.0733 e. The molecule has 0 bridgehead atoms. The smallest absolute Gasteiger partial charge is 0.0733 e. The number of aryl methyl sites for hydroxylation is 2. The molecule has 2 heteroatoms. The van der Waals surface area contributed by atoms with Crippen LogP contribution in [0.15, 0.2) is 36.4 Å². The Labute approximate surface area is 105 Å². The van der Waals surface area contributed by atoms with Crippen LogP contribution in [0.1, 0.15) is 17.5 Å². The minimum Gasteiger partial charge on any atom is -0.398 e. The number of benzene rings is 2. The van der Waals surface area contributed by atoms with Gasteiger partial charge in [-0.15, -0.1) is 0 Å². The van der Waals surface area contributed by atoms with Gasteiger partial charge in [-0.05, 0) is 42.5 Å². The third-order valence-electron chi connectivity index (χ3n) is 3.97. The van der Waals surface area contributed by atoms with Crippen LogP contribution in [0, 0.1) is 0 Å². The van der Waals surface area contributed by atoms with Crippen molar-refractivity contribution in [2.45, 2.75) is 19.3 Å². The average Bonchev–Trinajstić information content (AvgIpc) is 2.87. The molecule has 1 aromatic heterocycles. The van der Waals surface area contributed by atoms with Gasteiger partial charge < -0.3 is 5.73 Å². The van der Waals surface area contributed by atoms with E-state index < -0.39 is 0 Å². The number of nitrogens with two attached hydrogens (primary N) is 1. The molecule has 1 aliphatic carbocycles. The summed E-state index contributed by atoms with van der Waals surface area (Å²) in [6.45, 7) is 0. The Kier molecular flexibility index (Phi) is 1.90. The van der Waals surface area contributed by atoms with E-state index >= 15 is 0 Å². The Morgan fingerprint density at radius 1 is 0.944 bits per heavy atom. The van der Waals surface area contributed by atoms with Crippen molar-refractivity contribution in [3.05, 3.63) is 47.5 Å². The number of nitrogen functional groups attached to an aromatic ring is 1. The molecule has 0 atom stereocenters. The second-order valence-corrected chi connectivity index (χ2v) is 4.99. The number of nitrogens with zero attached hydrogens (tertiary/aromatic N) is 1. The highest BCUT2D eigenvalue weighted by molar-refractivity contribution is 6.08. The van der Waals surface area contributed by atoms with E-state index in [1.807, 2.05) is 18.2 Å². The average molecular weight is 234 g/mol. The van der Waals surface area contributed by atoms with E-state index in [2.05, 4.69) is 18.2 Å². The third-order valence-corrected chi connectivity index (χ3v) is 3.97. The van der Waals surface area contributed by atoms with Crippen molar-refractivity contribution >= 4 is 27.5 Å². The number of hydrogen-bond donors (Lipinski definition) is 1. The number of hydrogen-bond acceptors (Lipinski definition) is 2. The summed E-state index contributed by atoms with van der Waals surface area (Å²) in [6, 6.07) is 12.4. The molecule has 18 heavy (non-hydrogen) atoms. The molecule has 1 aliphatic rings. The van der Waals surface area contributed by atoms with Crippen LogP contribution in [0.5, 0.6) is 0 Å². The van der Waals surface area contributed by atoms with Crippen molar-refractivity contribution in [3.8, 4) is 0 Å². The molecule has 3 aromatic rings. The molecule has 0 spiro atoms. The van der Waals surface area contributed by atoms with Crippen LogP contribution < -0.4 is 5.73 Å². The highest BCUT2D eigenvalue weighted by Gasteiger charge is 2.17. The molecule has 0 saturated carbocycles. The van der Waals surface area contributed by atoms with E-state index in [1.54, 1.807) is 0 Å². The van der Waals surface area contributed by atoms with Crippen LogP contribution in [0.3, 0.4) is 0 Å². The monoisotopic (exact) mass is 234 g/mol. The van der Waals surface area contributed by atoms with Crippen molar-refractivity contribution in [1.82, 2.24) is 4.98 Å². The van der Waals surface area contributed by atoms with Gasteiger partial charge in [-0.1, -0.05) is 24.3 Å². The maximum atomic E-state index is 6.39. The number of anilines is 1. The second kappa shape index (κ2) is 3.45. The van der Waals surface area contributed by atoms with Crippen LogP contribution in [0.4, 0.5) is 5.69 Å².